The highest BCUT2D eigenvalue weighted by Crippen LogP contribution is 2.17. The highest BCUT2D eigenvalue weighted by atomic mass is 127. The van der Waals surface area contributed by atoms with Gasteiger partial charge in [-0.1, -0.05) is 0 Å². The molecule has 0 unspecified atom stereocenters. The van der Waals surface area contributed by atoms with Gasteiger partial charge in [0.15, 0.2) is 11.6 Å². The summed E-state index contributed by atoms with van der Waals surface area (Å²) >= 11 is 1.61. The van der Waals surface area contributed by atoms with Gasteiger partial charge in [-0.15, -0.1) is 0 Å². The van der Waals surface area contributed by atoms with Gasteiger partial charge in [-0.05, 0) is 41.6 Å². The predicted molar refractivity (Wildman–Crippen MR) is 55.0 cm³/mol. The van der Waals surface area contributed by atoms with Gasteiger partial charge in [0.2, 0.25) is 0 Å². The molecule has 2 nitrogen and oxygen atoms in total. The van der Waals surface area contributed by atoms with Crippen LogP contribution in [0.5, 0.6) is 0 Å². The molecule has 0 N–H and O–H groups in total. The molecule has 1 aromatic rings. The molecule has 0 atom stereocenters. The van der Waals surface area contributed by atoms with Gasteiger partial charge < -0.3 is 4.74 Å². The van der Waals surface area contributed by atoms with Crippen LogP contribution in [-0.2, 0) is 4.74 Å². The van der Waals surface area contributed by atoms with E-state index in [-0.39, 0.29) is 15.7 Å². The second kappa shape index (κ2) is 4.68. The van der Waals surface area contributed by atoms with E-state index in [9.17, 15) is 13.6 Å². The molecule has 0 aromatic heterocycles. The van der Waals surface area contributed by atoms with Crippen molar-refractivity contribution in [3.8, 4) is 0 Å². The van der Waals surface area contributed by atoms with Crippen LogP contribution in [0.3, 0.4) is 0 Å². The van der Waals surface area contributed by atoms with Crippen molar-refractivity contribution in [1.29, 1.82) is 0 Å². The zero-order valence-corrected chi connectivity index (χ0v) is 9.47. The molecule has 0 aliphatic carbocycles. The summed E-state index contributed by atoms with van der Waals surface area (Å²) in [5.41, 5.74) is 0.0233. The molecule has 0 saturated carbocycles. The minimum Gasteiger partial charge on any atom is -0.462 e. The normalized spacial score (nSPS) is 10.0. The molecule has 0 radical (unpaired) electrons. The van der Waals surface area contributed by atoms with Crippen LogP contribution in [0.2, 0.25) is 0 Å². The van der Waals surface area contributed by atoms with Crippen LogP contribution in [0.1, 0.15) is 17.3 Å². The lowest BCUT2D eigenvalue weighted by Crippen LogP contribution is -2.06. The van der Waals surface area contributed by atoms with Gasteiger partial charge in [0.25, 0.3) is 0 Å². The van der Waals surface area contributed by atoms with Gasteiger partial charge >= 0.3 is 5.97 Å². The van der Waals surface area contributed by atoms with Crippen LogP contribution >= 0.6 is 22.6 Å². The van der Waals surface area contributed by atoms with Gasteiger partial charge in [0.05, 0.1) is 15.7 Å². The Morgan fingerprint density at radius 3 is 2.64 bits per heavy atom. The number of carbonyl (C=O) groups excluding carboxylic acids is 1. The second-order valence-corrected chi connectivity index (χ2v) is 3.64. The lowest BCUT2D eigenvalue weighted by molar-refractivity contribution is 0.0525. The van der Waals surface area contributed by atoms with E-state index in [0.29, 0.717) is 0 Å². The van der Waals surface area contributed by atoms with Crippen LogP contribution in [0.25, 0.3) is 0 Å². The first-order valence-electron chi connectivity index (χ1n) is 3.88. The highest BCUT2D eigenvalue weighted by molar-refractivity contribution is 14.1. The van der Waals surface area contributed by atoms with Crippen molar-refractivity contribution < 1.29 is 18.3 Å². The van der Waals surface area contributed by atoms with E-state index < -0.39 is 17.6 Å². The molecule has 76 valence electrons. The van der Waals surface area contributed by atoms with Crippen molar-refractivity contribution in [2.75, 3.05) is 6.61 Å². The molecule has 0 aliphatic heterocycles. The van der Waals surface area contributed by atoms with E-state index in [1.165, 1.54) is 6.07 Å². The molecule has 0 bridgehead atoms. The van der Waals surface area contributed by atoms with Crippen LogP contribution < -0.4 is 0 Å². The van der Waals surface area contributed by atoms with Crippen molar-refractivity contribution >= 4 is 28.6 Å². The number of benzene rings is 1. The summed E-state index contributed by atoms with van der Waals surface area (Å²) in [6.45, 7) is 1.84. The summed E-state index contributed by atoms with van der Waals surface area (Å²) in [6, 6.07) is 2.08. The maximum absolute atomic E-state index is 12.9. The Bertz CT molecular complexity index is 343. The third-order valence-electron chi connectivity index (χ3n) is 1.49. The first kappa shape index (κ1) is 11.4. The van der Waals surface area contributed by atoms with Crippen LogP contribution in [0.15, 0.2) is 12.1 Å². The topological polar surface area (TPSA) is 26.3 Å². The molecular weight excluding hydrogens is 305 g/mol. The van der Waals surface area contributed by atoms with Crippen molar-refractivity contribution in [2.24, 2.45) is 0 Å². The summed E-state index contributed by atoms with van der Waals surface area (Å²) < 4.78 is 30.4. The maximum Gasteiger partial charge on any atom is 0.338 e. The number of rotatable bonds is 2. The third kappa shape index (κ3) is 2.40. The maximum atomic E-state index is 12.9. The largest absolute Gasteiger partial charge is 0.462 e. The van der Waals surface area contributed by atoms with Crippen molar-refractivity contribution in [1.82, 2.24) is 0 Å². The van der Waals surface area contributed by atoms with E-state index in [2.05, 4.69) is 4.74 Å². The Kier molecular flexibility index (Phi) is 3.79. The minimum atomic E-state index is -1.04. The predicted octanol–water partition coefficient (Wildman–Crippen LogP) is 2.75. The Morgan fingerprint density at radius 1 is 1.50 bits per heavy atom. The number of carbonyl (C=O) groups is 1. The number of esters is 1. The van der Waals surface area contributed by atoms with E-state index >= 15 is 0 Å². The Morgan fingerprint density at radius 2 is 2.14 bits per heavy atom. The van der Waals surface area contributed by atoms with Gasteiger partial charge in [-0.3, -0.25) is 0 Å². The van der Waals surface area contributed by atoms with E-state index in [1.807, 2.05) is 0 Å². The monoisotopic (exact) mass is 312 g/mol. The zero-order chi connectivity index (χ0) is 10.7. The SMILES string of the molecule is CCOC(=O)c1cc(F)c(F)c(I)c1. The summed E-state index contributed by atoms with van der Waals surface area (Å²) in [5, 5.41) is 0. The smallest absolute Gasteiger partial charge is 0.338 e. The molecule has 0 saturated heterocycles. The lowest BCUT2D eigenvalue weighted by Gasteiger charge is -2.03. The molecular formula is C9H7F2IO2. The van der Waals surface area contributed by atoms with Crippen molar-refractivity contribution in [2.45, 2.75) is 6.92 Å². The van der Waals surface area contributed by atoms with Gasteiger partial charge in [0.1, 0.15) is 0 Å². The number of hydrogen-bond donors (Lipinski definition) is 0. The summed E-state index contributed by atoms with van der Waals surface area (Å²) in [4.78, 5) is 11.1. The average molecular weight is 312 g/mol. The zero-order valence-electron chi connectivity index (χ0n) is 7.31. The summed E-state index contributed by atoms with van der Waals surface area (Å²) in [7, 11) is 0. The van der Waals surface area contributed by atoms with Gasteiger partial charge in [0, 0.05) is 0 Å². The molecule has 1 aromatic carbocycles. The third-order valence-corrected chi connectivity index (χ3v) is 2.28. The van der Waals surface area contributed by atoms with E-state index in [1.54, 1.807) is 29.5 Å². The minimum absolute atomic E-state index is 0.0233. The molecule has 0 spiro atoms. The number of halogens is 3. The van der Waals surface area contributed by atoms with Gasteiger partial charge in [-0.2, -0.15) is 0 Å². The molecule has 0 heterocycles. The van der Waals surface area contributed by atoms with Crippen LogP contribution in [-0.4, -0.2) is 12.6 Å². The van der Waals surface area contributed by atoms with E-state index in [4.69, 9.17) is 0 Å². The fourth-order valence-corrected chi connectivity index (χ4v) is 1.48. The highest BCUT2D eigenvalue weighted by Gasteiger charge is 2.13. The number of ether oxygens (including phenoxy) is 1. The van der Waals surface area contributed by atoms with Crippen molar-refractivity contribution in [3.63, 3.8) is 0 Å². The standard InChI is InChI=1S/C9H7F2IO2/c1-2-14-9(13)5-3-6(10)8(11)7(12)4-5/h3-4H,2H2,1H3. The quantitative estimate of drug-likeness (QED) is 0.477. The molecule has 0 amide bonds. The Balaban J connectivity index is 3.06. The van der Waals surface area contributed by atoms with Crippen molar-refractivity contribution in [3.05, 3.63) is 32.9 Å². The molecule has 0 aliphatic rings. The summed E-state index contributed by atoms with van der Waals surface area (Å²) in [5.74, 6) is -2.64. The molecule has 5 heteroatoms. The Hall–Kier alpha value is -0.720. The molecule has 1 rings (SSSR count). The summed E-state index contributed by atoms with van der Waals surface area (Å²) in [6.07, 6.45) is 0. The Labute approximate surface area is 93.4 Å². The van der Waals surface area contributed by atoms with Crippen LogP contribution in [0.4, 0.5) is 8.78 Å². The average Bonchev–Trinajstić information content (AvgIpc) is 2.13. The van der Waals surface area contributed by atoms with E-state index in [0.717, 1.165) is 6.07 Å². The molecule has 0 fully saturated rings. The molecule has 14 heavy (non-hydrogen) atoms. The van der Waals surface area contributed by atoms with Crippen LogP contribution in [0, 0.1) is 15.2 Å². The first-order valence-corrected chi connectivity index (χ1v) is 4.95. The second-order valence-electron chi connectivity index (χ2n) is 2.47. The number of hydrogen-bond acceptors (Lipinski definition) is 2. The lowest BCUT2D eigenvalue weighted by atomic mass is 10.2. The van der Waals surface area contributed by atoms with Gasteiger partial charge in [-0.25, -0.2) is 13.6 Å². The first-order chi connectivity index (χ1) is 6.56. The fraction of sp³-hybridized carbons (Fsp3) is 0.222. The fourth-order valence-electron chi connectivity index (χ4n) is 0.888.